The highest BCUT2D eigenvalue weighted by Gasteiger charge is 2.14. The molecule has 0 saturated heterocycles. The van der Waals surface area contributed by atoms with Crippen molar-refractivity contribution in [2.75, 3.05) is 13.2 Å². The second-order valence-electron chi connectivity index (χ2n) is 4.33. The fourth-order valence-electron chi connectivity index (χ4n) is 2.09. The maximum absolute atomic E-state index is 11.1. The molecule has 0 heterocycles. The fourth-order valence-corrected chi connectivity index (χ4v) is 2.09. The van der Waals surface area contributed by atoms with Crippen molar-refractivity contribution in [3.8, 4) is 0 Å². The number of hydrogen-bond donors (Lipinski definition) is 3. The first-order chi connectivity index (χ1) is 8.18. The van der Waals surface area contributed by atoms with Gasteiger partial charge in [-0.1, -0.05) is 25.7 Å². The van der Waals surface area contributed by atoms with Crippen molar-refractivity contribution in [3.63, 3.8) is 0 Å². The van der Waals surface area contributed by atoms with Crippen LogP contribution in [-0.4, -0.2) is 30.3 Å². The largest absolute Gasteiger partial charge is 0.479 e. The van der Waals surface area contributed by atoms with Crippen molar-refractivity contribution in [1.29, 1.82) is 0 Å². The Kier molecular flexibility index (Phi) is 6.39. The van der Waals surface area contributed by atoms with Crippen molar-refractivity contribution >= 4 is 12.0 Å². The number of nitrogens with one attached hydrogen (secondary N) is 2. The summed E-state index contributed by atoms with van der Waals surface area (Å²) < 4.78 is 0. The Bertz CT molecular complexity index is 252. The van der Waals surface area contributed by atoms with Crippen LogP contribution in [0.3, 0.4) is 0 Å². The van der Waals surface area contributed by atoms with Gasteiger partial charge in [0.05, 0.1) is 0 Å². The van der Waals surface area contributed by atoms with Crippen LogP contribution in [0.5, 0.6) is 0 Å². The minimum atomic E-state index is -1.12. The number of amides is 2. The van der Waals surface area contributed by atoms with Gasteiger partial charge in [0.2, 0.25) is 0 Å². The molecule has 1 aliphatic carbocycles. The highest BCUT2D eigenvalue weighted by Crippen LogP contribution is 2.28. The van der Waals surface area contributed by atoms with Gasteiger partial charge >= 0.3 is 12.0 Å². The third-order valence-corrected chi connectivity index (χ3v) is 2.91. The van der Waals surface area contributed by atoms with E-state index in [1.807, 2.05) is 5.48 Å². The Hall–Kier alpha value is -1.30. The lowest BCUT2D eigenvalue weighted by Crippen LogP contribution is -2.37. The zero-order valence-corrected chi connectivity index (χ0v) is 9.91. The summed E-state index contributed by atoms with van der Waals surface area (Å²) in [6.45, 7) is 0.0637. The third kappa shape index (κ3) is 6.78. The number of carboxylic acid groups (broad SMARTS) is 1. The minimum absolute atomic E-state index is 0.488. The monoisotopic (exact) mass is 244 g/mol. The van der Waals surface area contributed by atoms with Gasteiger partial charge in [-0.15, -0.1) is 0 Å². The molecule has 3 N–H and O–H groups in total. The van der Waals surface area contributed by atoms with Crippen LogP contribution in [0.1, 0.15) is 38.5 Å². The van der Waals surface area contributed by atoms with Gasteiger partial charge in [0.15, 0.2) is 6.61 Å². The summed E-state index contributed by atoms with van der Waals surface area (Å²) in [5.41, 5.74) is 2.01. The molecule has 6 heteroatoms. The molecule has 0 aliphatic heterocycles. The summed E-state index contributed by atoms with van der Waals surface area (Å²) in [6, 6.07) is -0.488. The number of carbonyl (C=O) groups is 2. The first kappa shape index (κ1) is 13.8. The van der Waals surface area contributed by atoms with E-state index in [1.54, 1.807) is 0 Å². The highest BCUT2D eigenvalue weighted by atomic mass is 16.7. The molecule has 2 amide bonds. The Morgan fingerprint density at radius 1 is 1.29 bits per heavy atom. The third-order valence-electron chi connectivity index (χ3n) is 2.91. The van der Waals surface area contributed by atoms with E-state index in [1.165, 1.54) is 25.7 Å². The summed E-state index contributed by atoms with van der Waals surface area (Å²) in [7, 11) is 0. The van der Waals surface area contributed by atoms with E-state index in [0.29, 0.717) is 6.54 Å². The van der Waals surface area contributed by atoms with E-state index in [-0.39, 0.29) is 0 Å². The van der Waals surface area contributed by atoms with E-state index in [4.69, 9.17) is 5.11 Å². The summed E-state index contributed by atoms with van der Waals surface area (Å²) in [6.07, 6.45) is 7.40. The summed E-state index contributed by atoms with van der Waals surface area (Å²) in [4.78, 5) is 25.6. The smallest absolute Gasteiger partial charge is 0.338 e. The second kappa shape index (κ2) is 7.89. The predicted octanol–water partition coefficient (Wildman–Crippen LogP) is 1.27. The van der Waals surface area contributed by atoms with Crippen LogP contribution in [0.2, 0.25) is 0 Å². The molecule has 0 radical (unpaired) electrons. The quantitative estimate of drug-likeness (QED) is 0.465. The second-order valence-corrected chi connectivity index (χ2v) is 4.33. The molecule has 17 heavy (non-hydrogen) atoms. The van der Waals surface area contributed by atoms with Crippen LogP contribution in [0.25, 0.3) is 0 Å². The number of carboxylic acids is 1. The van der Waals surface area contributed by atoms with E-state index in [2.05, 4.69) is 10.2 Å². The molecule has 98 valence electrons. The molecular weight excluding hydrogens is 224 g/mol. The number of urea groups is 1. The zero-order chi connectivity index (χ0) is 12.5. The summed E-state index contributed by atoms with van der Waals surface area (Å²) in [5, 5.41) is 10.9. The normalized spacial score (nSPS) is 15.8. The van der Waals surface area contributed by atoms with Crippen LogP contribution >= 0.6 is 0 Å². The van der Waals surface area contributed by atoms with E-state index in [9.17, 15) is 9.59 Å². The van der Waals surface area contributed by atoms with Crippen molar-refractivity contribution < 1.29 is 19.5 Å². The van der Waals surface area contributed by atoms with Gasteiger partial charge in [0.25, 0.3) is 0 Å². The molecule has 1 aliphatic rings. The van der Waals surface area contributed by atoms with Gasteiger partial charge in [0.1, 0.15) is 0 Å². The van der Waals surface area contributed by atoms with Crippen LogP contribution < -0.4 is 10.8 Å². The SMILES string of the molecule is O=C(O)CONC(=O)NCCCC1CCCC1. The van der Waals surface area contributed by atoms with Crippen LogP contribution in [0.15, 0.2) is 0 Å². The Labute approximate surface area is 101 Å². The van der Waals surface area contributed by atoms with Gasteiger partial charge < -0.3 is 10.4 Å². The molecule has 0 unspecified atom stereocenters. The Morgan fingerprint density at radius 3 is 2.65 bits per heavy atom. The van der Waals surface area contributed by atoms with E-state index >= 15 is 0 Å². The van der Waals surface area contributed by atoms with Crippen LogP contribution in [0.4, 0.5) is 4.79 Å². The number of aliphatic carboxylic acids is 1. The first-order valence-corrected chi connectivity index (χ1v) is 6.06. The fraction of sp³-hybridized carbons (Fsp3) is 0.818. The lowest BCUT2D eigenvalue weighted by Gasteiger charge is -2.09. The maximum atomic E-state index is 11.1. The van der Waals surface area contributed by atoms with Gasteiger partial charge in [-0.2, -0.15) is 0 Å². The molecule has 6 nitrogen and oxygen atoms in total. The average molecular weight is 244 g/mol. The van der Waals surface area contributed by atoms with Gasteiger partial charge in [-0.3, -0.25) is 4.84 Å². The van der Waals surface area contributed by atoms with Crippen LogP contribution in [0, 0.1) is 5.92 Å². The molecule has 1 saturated carbocycles. The number of carbonyl (C=O) groups excluding carboxylic acids is 1. The van der Waals surface area contributed by atoms with Crippen LogP contribution in [-0.2, 0) is 9.63 Å². The van der Waals surface area contributed by atoms with Crippen molar-refractivity contribution in [3.05, 3.63) is 0 Å². The highest BCUT2D eigenvalue weighted by molar-refractivity contribution is 5.73. The lowest BCUT2D eigenvalue weighted by atomic mass is 10.0. The van der Waals surface area contributed by atoms with Gasteiger partial charge in [-0.05, 0) is 18.8 Å². The van der Waals surface area contributed by atoms with Crippen molar-refractivity contribution in [2.24, 2.45) is 5.92 Å². The number of hydroxylamine groups is 1. The zero-order valence-electron chi connectivity index (χ0n) is 9.91. The van der Waals surface area contributed by atoms with Crippen molar-refractivity contribution in [1.82, 2.24) is 10.8 Å². The maximum Gasteiger partial charge on any atom is 0.338 e. The molecule has 0 aromatic carbocycles. The van der Waals surface area contributed by atoms with Gasteiger partial charge in [0, 0.05) is 6.54 Å². The number of hydrogen-bond acceptors (Lipinski definition) is 3. The van der Waals surface area contributed by atoms with E-state index in [0.717, 1.165) is 18.8 Å². The summed E-state index contributed by atoms with van der Waals surface area (Å²) >= 11 is 0. The molecule has 0 aromatic heterocycles. The predicted molar refractivity (Wildman–Crippen MR) is 61.3 cm³/mol. The Morgan fingerprint density at radius 2 is 2.00 bits per heavy atom. The molecule has 0 spiro atoms. The molecule has 0 aromatic rings. The standard InChI is InChI=1S/C11H20N2O4/c14-10(15)8-17-13-11(16)12-7-3-6-9-4-1-2-5-9/h9H,1-8H2,(H,14,15)(H2,12,13,16). The topological polar surface area (TPSA) is 87.7 Å². The van der Waals surface area contributed by atoms with Gasteiger partial charge in [-0.25, -0.2) is 15.1 Å². The first-order valence-electron chi connectivity index (χ1n) is 6.06. The molecule has 1 rings (SSSR count). The summed E-state index contributed by atoms with van der Waals surface area (Å²) in [5.74, 6) is -0.297. The molecular formula is C11H20N2O4. The minimum Gasteiger partial charge on any atom is -0.479 e. The Balaban J connectivity index is 1.90. The molecule has 0 atom stereocenters. The molecule has 1 fully saturated rings. The average Bonchev–Trinajstić information content (AvgIpc) is 2.76. The molecule has 0 bridgehead atoms. The van der Waals surface area contributed by atoms with Crippen molar-refractivity contribution in [2.45, 2.75) is 38.5 Å². The lowest BCUT2D eigenvalue weighted by molar-refractivity contribution is -0.144. The van der Waals surface area contributed by atoms with E-state index < -0.39 is 18.6 Å². The number of rotatable bonds is 7.